The molecule has 34 heavy (non-hydrogen) atoms. The lowest BCUT2D eigenvalue weighted by atomic mass is 9.92. The number of alkyl halides is 2. The normalized spacial score (nSPS) is 25.2. The Balaban J connectivity index is 1.44. The summed E-state index contributed by atoms with van der Waals surface area (Å²) < 4.78 is 60.2. The highest BCUT2D eigenvalue weighted by Gasteiger charge is 2.32. The average Bonchev–Trinajstić information content (AvgIpc) is 2.86. The van der Waals surface area contributed by atoms with Gasteiger partial charge in [-0.25, -0.2) is 13.2 Å². The molecule has 4 rings (SSSR count). The first-order valence-corrected chi connectivity index (χ1v) is 11.5. The van der Waals surface area contributed by atoms with Crippen molar-refractivity contribution in [2.24, 2.45) is 5.92 Å². The molecule has 0 amide bonds. The largest absolute Gasteiger partial charge is 0.498 e. The summed E-state index contributed by atoms with van der Waals surface area (Å²) in [4.78, 5) is 0. The standard InChI is InChI=1S/C28H29F3O3/c1-3-4-5-6-18-16-33-28(34-17-18)21-11-12-22(24(29)15-21)19-7-9-20(10-8-19)23-13-14-25(32-2)27(31)26(23)30/h3-4,7-15,18,26-28H,5-6,16-17H2,1-2H3/b4-3+. The fourth-order valence-electron chi connectivity index (χ4n) is 4.25. The van der Waals surface area contributed by atoms with Crippen molar-refractivity contribution in [1.82, 2.24) is 0 Å². The van der Waals surface area contributed by atoms with Crippen molar-refractivity contribution >= 4 is 5.57 Å². The summed E-state index contributed by atoms with van der Waals surface area (Å²) in [5, 5.41) is 0. The second kappa shape index (κ2) is 11.1. The second-order valence-corrected chi connectivity index (χ2v) is 8.53. The molecule has 2 unspecified atom stereocenters. The molecule has 1 aliphatic carbocycles. The van der Waals surface area contributed by atoms with Crippen LogP contribution < -0.4 is 0 Å². The van der Waals surface area contributed by atoms with Gasteiger partial charge in [0.1, 0.15) is 11.6 Å². The van der Waals surface area contributed by atoms with Crippen molar-refractivity contribution in [3.8, 4) is 11.1 Å². The van der Waals surface area contributed by atoms with E-state index >= 15 is 0 Å². The second-order valence-electron chi connectivity index (χ2n) is 8.53. The lowest BCUT2D eigenvalue weighted by Crippen LogP contribution is -2.27. The van der Waals surface area contributed by atoms with Gasteiger partial charge in [-0.1, -0.05) is 54.6 Å². The quantitative estimate of drug-likeness (QED) is 0.404. The molecule has 2 aromatic carbocycles. The Labute approximate surface area is 198 Å². The average molecular weight is 471 g/mol. The van der Waals surface area contributed by atoms with Crippen molar-refractivity contribution in [3.05, 3.63) is 89.5 Å². The fourth-order valence-corrected chi connectivity index (χ4v) is 4.25. The van der Waals surface area contributed by atoms with Gasteiger partial charge in [0.05, 0.1) is 20.3 Å². The Bertz CT molecular complexity index is 1070. The fraction of sp³-hybridized carbons (Fsp3) is 0.357. The summed E-state index contributed by atoms with van der Waals surface area (Å²) in [5.74, 6) is -0.0999. The van der Waals surface area contributed by atoms with Crippen molar-refractivity contribution in [1.29, 1.82) is 0 Å². The van der Waals surface area contributed by atoms with E-state index in [2.05, 4.69) is 6.08 Å². The van der Waals surface area contributed by atoms with Gasteiger partial charge < -0.3 is 14.2 Å². The predicted octanol–water partition coefficient (Wildman–Crippen LogP) is 7.11. The summed E-state index contributed by atoms with van der Waals surface area (Å²) >= 11 is 0. The Morgan fingerprint density at radius 2 is 1.68 bits per heavy atom. The molecule has 3 nitrogen and oxygen atoms in total. The summed E-state index contributed by atoms with van der Waals surface area (Å²) in [5.41, 5.74) is 2.45. The highest BCUT2D eigenvalue weighted by atomic mass is 19.2. The van der Waals surface area contributed by atoms with Crippen LogP contribution in [0.1, 0.15) is 37.2 Å². The van der Waals surface area contributed by atoms with E-state index in [0.29, 0.717) is 41.4 Å². The highest BCUT2D eigenvalue weighted by molar-refractivity contribution is 5.75. The number of benzene rings is 2. The highest BCUT2D eigenvalue weighted by Crippen LogP contribution is 2.34. The lowest BCUT2D eigenvalue weighted by molar-refractivity contribution is -0.205. The van der Waals surface area contributed by atoms with Crippen LogP contribution >= 0.6 is 0 Å². The zero-order valence-electron chi connectivity index (χ0n) is 19.3. The molecule has 0 bridgehead atoms. The van der Waals surface area contributed by atoms with Crippen LogP contribution in [0.5, 0.6) is 0 Å². The number of halogens is 3. The zero-order chi connectivity index (χ0) is 24.1. The van der Waals surface area contributed by atoms with E-state index in [1.165, 1.54) is 25.3 Å². The summed E-state index contributed by atoms with van der Waals surface area (Å²) in [6.45, 7) is 3.17. The van der Waals surface area contributed by atoms with Gasteiger partial charge in [0.15, 0.2) is 18.6 Å². The minimum Gasteiger partial charge on any atom is -0.498 e. The maximum atomic E-state index is 15.0. The molecule has 1 heterocycles. The third-order valence-corrected chi connectivity index (χ3v) is 6.23. The molecule has 1 saturated heterocycles. The van der Waals surface area contributed by atoms with Crippen molar-refractivity contribution in [3.63, 3.8) is 0 Å². The first-order chi connectivity index (χ1) is 16.5. The predicted molar refractivity (Wildman–Crippen MR) is 127 cm³/mol. The molecule has 2 aliphatic rings. The van der Waals surface area contributed by atoms with Crippen LogP contribution in [0.2, 0.25) is 0 Å². The van der Waals surface area contributed by atoms with Crippen LogP contribution in [0.15, 0.2) is 72.5 Å². The van der Waals surface area contributed by atoms with Crippen LogP contribution in [-0.2, 0) is 14.2 Å². The molecular weight excluding hydrogens is 441 g/mol. The molecule has 0 aromatic heterocycles. The number of ether oxygens (including phenoxy) is 3. The minimum absolute atomic E-state index is 0.0369. The van der Waals surface area contributed by atoms with Crippen molar-refractivity contribution < 1.29 is 27.4 Å². The maximum Gasteiger partial charge on any atom is 0.192 e. The molecule has 1 aliphatic heterocycles. The minimum atomic E-state index is -1.85. The zero-order valence-corrected chi connectivity index (χ0v) is 19.3. The molecule has 0 radical (unpaired) electrons. The molecule has 0 N–H and O–H groups in total. The van der Waals surface area contributed by atoms with Gasteiger partial charge in [0, 0.05) is 17.0 Å². The molecule has 2 atom stereocenters. The Kier molecular flexibility index (Phi) is 7.91. The van der Waals surface area contributed by atoms with Gasteiger partial charge >= 0.3 is 0 Å². The number of hydrogen-bond acceptors (Lipinski definition) is 3. The van der Waals surface area contributed by atoms with E-state index in [1.807, 2.05) is 13.0 Å². The Hall–Kier alpha value is -2.83. The van der Waals surface area contributed by atoms with Crippen molar-refractivity contribution in [2.75, 3.05) is 20.3 Å². The van der Waals surface area contributed by atoms with Gasteiger partial charge in [-0.3, -0.25) is 0 Å². The van der Waals surface area contributed by atoms with E-state index in [1.54, 1.807) is 36.4 Å². The van der Waals surface area contributed by atoms with Crippen LogP contribution in [0.25, 0.3) is 16.7 Å². The summed E-state index contributed by atoms with van der Waals surface area (Å²) in [6, 6.07) is 11.7. The van der Waals surface area contributed by atoms with Crippen LogP contribution in [-0.4, -0.2) is 32.7 Å². The monoisotopic (exact) mass is 470 g/mol. The maximum absolute atomic E-state index is 15.0. The summed E-state index contributed by atoms with van der Waals surface area (Å²) in [6.07, 6.45) is 4.84. The van der Waals surface area contributed by atoms with Crippen LogP contribution in [0.3, 0.4) is 0 Å². The third-order valence-electron chi connectivity index (χ3n) is 6.23. The van der Waals surface area contributed by atoms with E-state index in [9.17, 15) is 13.2 Å². The van der Waals surface area contributed by atoms with Crippen LogP contribution in [0.4, 0.5) is 13.2 Å². The third kappa shape index (κ3) is 5.29. The van der Waals surface area contributed by atoms with Crippen molar-refractivity contribution in [2.45, 2.75) is 38.4 Å². The number of methoxy groups -OCH3 is 1. The first-order valence-electron chi connectivity index (χ1n) is 11.5. The molecule has 0 spiro atoms. The van der Waals surface area contributed by atoms with Gasteiger partial charge in [-0.2, -0.15) is 0 Å². The molecule has 0 saturated carbocycles. The molecule has 2 aromatic rings. The summed E-state index contributed by atoms with van der Waals surface area (Å²) in [7, 11) is 1.31. The molecule has 6 heteroatoms. The van der Waals surface area contributed by atoms with E-state index in [0.717, 1.165) is 12.8 Å². The van der Waals surface area contributed by atoms with E-state index < -0.39 is 24.5 Å². The van der Waals surface area contributed by atoms with Gasteiger partial charge in [0.2, 0.25) is 0 Å². The van der Waals surface area contributed by atoms with Crippen LogP contribution in [0, 0.1) is 11.7 Å². The smallest absolute Gasteiger partial charge is 0.192 e. The van der Waals surface area contributed by atoms with Gasteiger partial charge in [-0.15, -0.1) is 0 Å². The Morgan fingerprint density at radius 1 is 0.971 bits per heavy atom. The Morgan fingerprint density at radius 3 is 2.32 bits per heavy atom. The topological polar surface area (TPSA) is 27.7 Å². The lowest BCUT2D eigenvalue weighted by Gasteiger charge is -2.29. The van der Waals surface area contributed by atoms with E-state index in [-0.39, 0.29) is 11.3 Å². The first kappa shape index (κ1) is 24.3. The number of allylic oxidation sites excluding steroid dienone is 6. The number of rotatable bonds is 7. The SMILES string of the molecule is C/C=C/CCC1COC(c2ccc(-c3ccc(C4=CC=C(OC)C(F)C4F)cc3)c(F)c2)OC1. The molecule has 1 fully saturated rings. The van der Waals surface area contributed by atoms with Gasteiger partial charge in [0.25, 0.3) is 0 Å². The van der Waals surface area contributed by atoms with E-state index in [4.69, 9.17) is 14.2 Å². The number of hydrogen-bond donors (Lipinski definition) is 0. The van der Waals surface area contributed by atoms with Gasteiger partial charge in [-0.05, 0) is 48.6 Å². The molecule has 180 valence electrons. The molecular formula is C28H29F3O3.